The van der Waals surface area contributed by atoms with E-state index in [0.717, 1.165) is 50.0 Å². The van der Waals surface area contributed by atoms with Crippen LogP contribution >= 0.6 is 0 Å². The Labute approximate surface area is 212 Å². The van der Waals surface area contributed by atoms with Gasteiger partial charge in [0, 0.05) is 38.2 Å². The second-order valence-electron chi connectivity index (χ2n) is 9.28. The van der Waals surface area contributed by atoms with Gasteiger partial charge < -0.3 is 30.7 Å². The molecule has 4 N–H and O–H groups in total. The number of phenols is 1. The quantitative estimate of drug-likeness (QED) is 0.450. The van der Waals surface area contributed by atoms with Gasteiger partial charge in [0.15, 0.2) is 11.5 Å². The Morgan fingerprint density at radius 2 is 1.67 bits per heavy atom. The zero-order valence-electron chi connectivity index (χ0n) is 20.7. The molecule has 1 atom stereocenters. The van der Waals surface area contributed by atoms with Gasteiger partial charge in [0.25, 0.3) is 0 Å². The third-order valence-electron chi connectivity index (χ3n) is 6.49. The minimum Gasteiger partial charge on any atom is -0.504 e. The first-order chi connectivity index (χ1) is 17.6. The largest absolute Gasteiger partial charge is 0.504 e. The summed E-state index contributed by atoms with van der Waals surface area (Å²) in [6, 6.07) is 12.5. The molecule has 3 heterocycles. The van der Waals surface area contributed by atoms with E-state index in [4.69, 9.17) is 4.74 Å². The molecule has 192 valence electrons. The van der Waals surface area contributed by atoms with Crippen LogP contribution in [0.2, 0.25) is 0 Å². The van der Waals surface area contributed by atoms with Crippen molar-refractivity contribution < 1.29 is 19.4 Å². The maximum atomic E-state index is 13.0. The summed E-state index contributed by atoms with van der Waals surface area (Å²) < 4.78 is 5.94. The van der Waals surface area contributed by atoms with E-state index in [1.54, 1.807) is 30.4 Å². The lowest BCUT2D eigenvalue weighted by atomic mass is 10.0. The monoisotopic (exact) mass is 492 g/mol. The first kappa shape index (κ1) is 25.7. The molecular weight excluding hydrogens is 456 g/mol. The van der Waals surface area contributed by atoms with Crippen molar-refractivity contribution in [3.63, 3.8) is 0 Å². The number of aromatic hydroxyl groups is 1. The van der Waals surface area contributed by atoms with Crippen LogP contribution in [-0.4, -0.2) is 61.1 Å². The number of hydrogen-bond acceptors (Lipinski definition) is 6. The highest BCUT2D eigenvalue weighted by Gasteiger charge is 2.17. The minimum atomic E-state index is -0.129. The van der Waals surface area contributed by atoms with Gasteiger partial charge >= 0.3 is 0 Å². The van der Waals surface area contributed by atoms with Crippen LogP contribution in [0.1, 0.15) is 49.3 Å². The first-order valence-electron chi connectivity index (χ1n) is 12.9. The zero-order valence-corrected chi connectivity index (χ0v) is 20.7. The third-order valence-corrected chi connectivity index (χ3v) is 6.49. The molecule has 0 radical (unpaired) electrons. The Morgan fingerprint density at radius 1 is 0.861 bits per heavy atom. The lowest BCUT2D eigenvalue weighted by Crippen LogP contribution is -2.35. The lowest BCUT2D eigenvalue weighted by Gasteiger charge is -2.22. The number of benzene rings is 2. The van der Waals surface area contributed by atoms with Crippen LogP contribution in [0.5, 0.6) is 17.2 Å². The van der Waals surface area contributed by atoms with E-state index >= 15 is 0 Å². The van der Waals surface area contributed by atoms with Crippen LogP contribution in [-0.2, 0) is 9.59 Å². The Morgan fingerprint density at radius 3 is 2.53 bits per heavy atom. The number of phenolic OH excluding ortho intramolecular Hbond substituents is 1. The number of nitrogens with one attached hydrogen (secondary N) is 3. The average Bonchev–Trinajstić information content (AvgIpc) is 2.88. The Kier molecular flexibility index (Phi) is 9.35. The van der Waals surface area contributed by atoms with Gasteiger partial charge in [0.2, 0.25) is 11.8 Å². The molecule has 2 aromatic carbocycles. The number of ether oxygens (including phenoxy) is 1. The number of hydrogen-bond donors (Lipinski definition) is 4. The van der Waals surface area contributed by atoms with Crippen molar-refractivity contribution in [2.45, 2.75) is 38.1 Å². The van der Waals surface area contributed by atoms with Gasteiger partial charge in [-0.15, -0.1) is 0 Å². The van der Waals surface area contributed by atoms with Gasteiger partial charge in [0.05, 0.1) is 0 Å². The molecule has 0 spiro atoms. The molecule has 6 bridgehead atoms. The van der Waals surface area contributed by atoms with E-state index in [1.165, 1.54) is 0 Å². The van der Waals surface area contributed by atoms with Gasteiger partial charge in [-0.05, 0) is 86.8 Å². The van der Waals surface area contributed by atoms with Crippen LogP contribution in [0.25, 0.3) is 6.08 Å². The standard InChI is InChI=1S/C28H36N4O4/c33-25-11-5-21-6-12-28(35)32-17-2-1-13-29-14-3-15-30-24(20-27(34)31-16-4-18-32)22-7-9-23(10-8-22)36-26(25)19-21/h5-12,19,24,29-30,33H,1-4,13-18,20H2,(H,31,34)/b12-6-/t24-/m1/s1. The molecular formula is C28H36N4O4. The second kappa shape index (κ2) is 13.1. The summed E-state index contributed by atoms with van der Waals surface area (Å²) in [6.45, 7) is 4.36. The normalized spacial score (nSPS) is 21.6. The van der Waals surface area contributed by atoms with Crippen molar-refractivity contribution in [3.05, 3.63) is 59.7 Å². The Hall–Kier alpha value is -3.36. The van der Waals surface area contributed by atoms with E-state index in [1.807, 2.05) is 29.2 Å². The maximum Gasteiger partial charge on any atom is 0.246 e. The van der Waals surface area contributed by atoms with E-state index in [2.05, 4.69) is 16.0 Å². The Balaban J connectivity index is 1.66. The minimum absolute atomic E-state index is 0.0214. The predicted octanol–water partition coefficient (Wildman–Crippen LogP) is 3.34. The fraction of sp³-hybridized carbons (Fsp3) is 0.429. The second-order valence-corrected chi connectivity index (χ2v) is 9.28. The Bertz CT molecular complexity index is 1050. The molecule has 0 aliphatic carbocycles. The number of rotatable bonds is 0. The van der Waals surface area contributed by atoms with Gasteiger partial charge in [-0.1, -0.05) is 18.2 Å². The van der Waals surface area contributed by atoms with Crippen molar-refractivity contribution in [2.24, 2.45) is 0 Å². The SMILES string of the molecule is O=C1C[C@H]2NCCCNCCCCN(CCCN1)C(=O)/C=C\c1ccc(O)c(c1)Oc1ccc2cc1. The lowest BCUT2D eigenvalue weighted by molar-refractivity contribution is -0.126. The molecule has 8 nitrogen and oxygen atoms in total. The molecule has 1 fully saturated rings. The van der Waals surface area contributed by atoms with Gasteiger partial charge in [-0.3, -0.25) is 9.59 Å². The summed E-state index contributed by atoms with van der Waals surface area (Å²) in [6.07, 6.45) is 7.16. The molecule has 5 rings (SSSR count). The van der Waals surface area contributed by atoms with Crippen LogP contribution < -0.4 is 20.7 Å². The van der Waals surface area contributed by atoms with E-state index in [-0.39, 0.29) is 23.6 Å². The topological polar surface area (TPSA) is 103 Å². The average molecular weight is 493 g/mol. The molecule has 0 unspecified atom stereocenters. The third kappa shape index (κ3) is 7.57. The van der Waals surface area contributed by atoms with Crippen LogP contribution in [0.4, 0.5) is 0 Å². The maximum absolute atomic E-state index is 13.0. The summed E-state index contributed by atoms with van der Waals surface area (Å²) in [4.78, 5) is 27.6. The van der Waals surface area contributed by atoms with Crippen LogP contribution in [0.3, 0.4) is 0 Å². The molecule has 0 aromatic heterocycles. The molecule has 36 heavy (non-hydrogen) atoms. The van der Waals surface area contributed by atoms with Gasteiger partial charge in [0.1, 0.15) is 5.75 Å². The predicted molar refractivity (Wildman–Crippen MR) is 140 cm³/mol. The smallest absolute Gasteiger partial charge is 0.246 e. The number of nitrogens with zero attached hydrogens (tertiary/aromatic N) is 1. The molecule has 1 saturated heterocycles. The van der Waals surface area contributed by atoms with E-state index in [0.29, 0.717) is 44.0 Å². The summed E-state index contributed by atoms with van der Waals surface area (Å²) >= 11 is 0. The number of fused-ring (bicyclic) bond motifs is 3. The number of carbonyl (C=O) groups is 2. The molecule has 8 heteroatoms. The highest BCUT2D eigenvalue weighted by Crippen LogP contribution is 2.32. The molecule has 0 saturated carbocycles. The van der Waals surface area contributed by atoms with Crippen molar-refractivity contribution in [3.8, 4) is 17.2 Å². The number of amides is 2. The first-order valence-corrected chi connectivity index (χ1v) is 12.9. The fourth-order valence-corrected chi connectivity index (χ4v) is 4.45. The molecule has 2 aromatic rings. The van der Waals surface area contributed by atoms with Crippen molar-refractivity contribution in [2.75, 3.05) is 39.3 Å². The fourth-order valence-electron chi connectivity index (χ4n) is 4.45. The van der Waals surface area contributed by atoms with E-state index < -0.39 is 0 Å². The number of carbonyl (C=O) groups excluding carboxylic acids is 2. The summed E-state index contributed by atoms with van der Waals surface area (Å²) in [5.41, 5.74) is 1.76. The van der Waals surface area contributed by atoms with Crippen LogP contribution in [0.15, 0.2) is 48.5 Å². The molecule has 3 aliphatic heterocycles. The van der Waals surface area contributed by atoms with Crippen molar-refractivity contribution >= 4 is 17.9 Å². The highest BCUT2D eigenvalue weighted by molar-refractivity contribution is 5.91. The highest BCUT2D eigenvalue weighted by atomic mass is 16.5. The van der Waals surface area contributed by atoms with Gasteiger partial charge in [-0.2, -0.15) is 0 Å². The summed E-state index contributed by atoms with van der Waals surface area (Å²) in [5, 5.41) is 20.4. The summed E-state index contributed by atoms with van der Waals surface area (Å²) in [5.74, 6) is 0.821. The van der Waals surface area contributed by atoms with Crippen LogP contribution in [0, 0.1) is 0 Å². The van der Waals surface area contributed by atoms with Crippen molar-refractivity contribution in [1.29, 1.82) is 0 Å². The van der Waals surface area contributed by atoms with Crippen molar-refractivity contribution in [1.82, 2.24) is 20.9 Å². The summed E-state index contributed by atoms with van der Waals surface area (Å²) in [7, 11) is 0. The van der Waals surface area contributed by atoms with Gasteiger partial charge in [-0.25, -0.2) is 0 Å². The van der Waals surface area contributed by atoms with E-state index in [9.17, 15) is 14.7 Å². The zero-order chi connectivity index (χ0) is 25.2. The molecule has 3 aliphatic rings. The molecule has 2 amide bonds.